The fourth-order valence-electron chi connectivity index (χ4n) is 1.94. The van der Waals surface area contributed by atoms with Crippen molar-refractivity contribution in [3.05, 3.63) is 56.3 Å². The minimum atomic E-state index is -0.582. The highest BCUT2D eigenvalue weighted by Gasteiger charge is 2.19. The molecular weight excluding hydrogens is 290 g/mol. The van der Waals surface area contributed by atoms with Gasteiger partial charge >= 0.3 is 0 Å². The number of nitro groups is 1. The largest absolute Gasteiger partial charge is 0.393 e. The maximum Gasteiger partial charge on any atom is 0.292 e. The number of benzene rings is 1. The van der Waals surface area contributed by atoms with Crippen LogP contribution < -0.4 is 5.73 Å². The van der Waals surface area contributed by atoms with Gasteiger partial charge in [0.25, 0.3) is 11.6 Å². The molecule has 6 nitrogen and oxygen atoms in total. The van der Waals surface area contributed by atoms with Crippen LogP contribution >= 0.6 is 11.3 Å². The number of nitrogen functional groups attached to an aromatic ring is 1. The van der Waals surface area contributed by atoms with Gasteiger partial charge in [-0.1, -0.05) is 6.07 Å². The molecule has 0 bridgehead atoms. The lowest BCUT2D eigenvalue weighted by Crippen LogP contribution is -2.30. The molecule has 0 atom stereocenters. The summed E-state index contributed by atoms with van der Waals surface area (Å²) in [5, 5.41) is 12.8. The molecule has 2 rings (SSSR count). The summed E-state index contributed by atoms with van der Waals surface area (Å²) >= 11 is 1.57. The van der Waals surface area contributed by atoms with Crippen LogP contribution in [0, 0.1) is 10.1 Å². The number of carbonyl (C=O) groups excluding carboxylic acids is 1. The molecule has 7 heteroatoms. The van der Waals surface area contributed by atoms with Crippen molar-refractivity contribution < 1.29 is 9.72 Å². The highest BCUT2D eigenvalue weighted by Crippen LogP contribution is 2.23. The second kappa shape index (κ2) is 6.36. The minimum absolute atomic E-state index is 0.0536. The number of thiophene rings is 1. The first-order valence-corrected chi connectivity index (χ1v) is 7.26. The second-order valence-electron chi connectivity index (χ2n) is 4.43. The lowest BCUT2D eigenvalue weighted by atomic mass is 10.1. The molecular formula is C14H15N3O3S. The molecule has 110 valence electrons. The van der Waals surface area contributed by atoms with E-state index in [9.17, 15) is 14.9 Å². The zero-order valence-corrected chi connectivity index (χ0v) is 12.3. The molecule has 0 aliphatic heterocycles. The van der Waals surface area contributed by atoms with Crippen LogP contribution in [0.15, 0.2) is 35.7 Å². The smallest absolute Gasteiger partial charge is 0.292 e. The summed E-state index contributed by atoms with van der Waals surface area (Å²) in [6.07, 6.45) is 0. The number of carbonyl (C=O) groups is 1. The van der Waals surface area contributed by atoms with Gasteiger partial charge in [0, 0.05) is 23.1 Å². The summed E-state index contributed by atoms with van der Waals surface area (Å²) in [7, 11) is 0. The Labute approximate surface area is 126 Å². The molecule has 1 aromatic heterocycles. The van der Waals surface area contributed by atoms with Crippen LogP contribution in [0.1, 0.15) is 22.2 Å². The summed E-state index contributed by atoms with van der Waals surface area (Å²) in [5.41, 5.74) is 5.63. The Hall–Kier alpha value is -2.41. The van der Waals surface area contributed by atoms with E-state index in [1.54, 1.807) is 16.2 Å². The first kappa shape index (κ1) is 15.0. The second-order valence-corrected chi connectivity index (χ2v) is 5.46. The van der Waals surface area contributed by atoms with Crippen molar-refractivity contribution in [1.29, 1.82) is 0 Å². The van der Waals surface area contributed by atoms with Crippen LogP contribution in [0.25, 0.3) is 0 Å². The van der Waals surface area contributed by atoms with Crippen molar-refractivity contribution in [2.24, 2.45) is 0 Å². The van der Waals surface area contributed by atoms with Gasteiger partial charge in [0.15, 0.2) is 0 Å². The number of nitrogens with zero attached hydrogens (tertiary/aromatic N) is 2. The molecule has 1 amide bonds. The number of anilines is 1. The van der Waals surface area contributed by atoms with Gasteiger partial charge < -0.3 is 10.6 Å². The zero-order valence-electron chi connectivity index (χ0n) is 11.5. The van der Waals surface area contributed by atoms with Crippen LogP contribution in [0.4, 0.5) is 11.4 Å². The van der Waals surface area contributed by atoms with Crippen LogP contribution in [0.3, 0.4) is 0 Å². The highest BCUT2D eigenvalue weighted by atomic mass is 32.1. The van der Waals surface area contributed by atoms with E-state index in [1.807, 2.05) is 24.4 Å². The van der Waals surface area contributed by atoms with E-state index in [4.69, 9.17) is 5.73 Å². The first-order valence-electron chi connectivity index (χ1n) is 6.38. The maximum absolute atomic E-state index is 12.5. The van der Waals surface area contributed by atoms with E-state index < -0.39 is 4.92 Å². The molecule has 1 heterocycles. The van der Waals surface area contributed by atoms with Gasteiger partial charge in [0.1, 0.15) is 5.69 Å². The van der Waals surface area contributed by atoms with Crippen LogP contribution in [-0.4, -0.2) is 22.3 Å². The van der Waals surface area contributed by atoms with Gasteiger partial charge in [-0.15, -0.1) is 11.3 Å². The van der Waals surface area contributed by atoms with Crippen molar-refractivity contribution in [3.63, 3.8) is 0 Å². The van der Waals surface area contributed by atoms with Crippen LogP contribution in [0.5, 0.6) is 0 Å². The van der Waals surface area contributed by atoms with Gasteiger partial charge in [-0.2, -0.15) is 0 Å². The lowest BCUT2D eigenvalue weighted by molar-refractivity contribution is -0.383. The standard InChI is InChI=1S/C14H15N3O3S/c1-2-16(9-11-4-3-7-21-11)14(18)10-5-6-12(15)13(8-10)17(19)20/h3-8H,2,9,15H2,1H3. The average molecular weight is 305 g/mol. The number of rotatable bonds is 5. The molecule has 0 radical (unpaired) electrons. The topological polar surface area (TPSA) is 89.5 Å². The molecule has 0 aliphatic carbocycles. The van der Waals surface area contributed by atoms with E-state index in [-0.39, 0.29) is 22.8 Å². The Bertz CT molecular complexity index is 655. The van der Waals surface area contributed by atoms with Crippen molar-refractivity contribution in [1.82, 2.24) is 4.90 Å². The molecule has 2 aromatic rings. The van der Waals surface area contributed by atoms with Gasteiger partial charge in [-0.25, -0.2) is 0 Å². The molecule has 0 spiro atoms. The summed E-state index contributed by atoms with van der Waals surface area (Å²) in [6.45, 7) is 2.89. The van der Waals surface area contributed by atoms with Crippen LogP contribution in [0.2, 0.25) is 0 Å². The van der Waals surface area contributed by atoms with E-state index in [0.29, 0.717) is 13.1 Å². The van der Waals surface area contributed by atoms with E-state index >= 15 is 0 Å². The van der Waals surface area contributed by atoms with E-state index in [2.05, 4.69) is 0 Å². The third-order valence-corrected chi connectivity index (χ3v) is 3.93. The fraction of sp³-hybridized carbons (Fsp3) is 0.214. The number of amides is 1. The normalized spacial score (nSPS) is 10.3. The SMILES string of the molecule is CCN(Cc1cccs1)C(=O)c1ccc(N)c([N+](=O)[O-])c1. The number of nitro benzene ring substituents is 1. The molecule has 2 N–H and O–H groups in total. The summed E-state index contributed by atoms with van der Waals surface area (Å²) in [4.78, 5) is 25.5. The Morgan fingerprint density at radius 2 is 2.19 bits per heavy atom. The summed E-state index contributed by atoms with van der Waals surface area (Å²) < 4.78 is 0. The average Bonchev–Trinajstić information content (AvgIpc) is 2.97. The lowest BCUT2D eigenvalue weighted by Gasteiger charge is -2.20. The van der Waals surface area contributed by atoms with Crippen molar-refractivity contribution in [3.8, 4) is 0 Å². The Morgan fingerprint density at radius 3 is 2.76 bits per heavy atom. The van der Waals surface area contributed by atoms with Gasteiger partial charge in [0.2, 0.25) is 0 Å². The quantitative estimate of drug-likeness (QED) is 0.522. The summed E-state index contributed by atoms with van der Waals surface area (Å²) in [6, 6.07) is 8.01. The van der Waals surface area contributed by atoms with E-state index in [1.165, 1.54) is 18.2 Å². The molecule has 0 unspecified atom stereocenters. The number of hydrogen-bond donors (Lipinski definition) is 1. The van der Waals surface area contributed by atoms with Crippen molar-refractivity contribution in [2.75, 3.05) is 12.3 Å². The van der Waals surface area contributed by atoms with Gasteiger partial charge in [0.05, 0.1) is 11.5 Å². The zero-order chi connectivity index (χ0) is 15.4. The molecule has 21 heavy (non-hydrogen) atoms. The highest BCUT2D eigenvalue weighted by molar-refractivity contribution is 7.09. The Balaban J connectivity index is 2.25. The Kier molecular flexibility index (Phi) is 4.54. The van der Waals surface area contributed by atoms with E-state index in [0.717, 1.165) is 4.88 Å². The monoisotopic (exact) mass is 305 g/mol. The van der Waals surface area contributed by atoms with Crippen LogP contribution in [-0.2, 0) is 6.54 Å². The fourth-order valence-corrected chi connectivity index (χ4v) is 2.65. The van der Waals surface area contributed by atoms with Crippen molar-refractivity contribution in [2.45, 2.75) is 13.5 Å². The molecule has 1 aromatic carbocycles. The summed E-state index contributed by atoms with van der Waals surface area (Å²) in [5.74, 6) is -0.242. The number of hydrogen-bond acceptors (Lipinski definition) is 5. The maximum atomic E-state index is 12.5. The molecule has 0 saturated carbocycles. The van der Waals surface area contributed by atoms with Crippen molar-refractivity contribution >= 4 is 28.6 Å². The molecule has 0 fully saturated rings. The molecule has 0 saturated heterocycles. The first-order chi connectivity index (χ1) is 10.0. The third kappa shape index (κ3) is 3.38. The third-order valence-electron chi connectivity index (χ3n) is 3.07. The van der Waals surface area contributed by atoms with Gasteiger partial charge in [-0.3, -0.25) is 14.9 Å². The predicted octanol–water partition coefficient (Wildman–Crippen LogP) is 2.90. The minimum Gasteiger partial charge on any atom is -0.393 e. The van der Waals surface area contributed by atoms with Gasteiger partial charge in [-0.05, 0) is 30.5 Å². The molecule has 0 aliphatic rings. The Morgan fingerprint density at radius 1 is 1.43 bits per heavy atom. The predicted molar refractivity (Wildman–Crippen MR) is 82.2 cm³/mol. The number of nitrogens with two attached hydrogens (primary N) is 1.